The lowest BCUT2D eigenvalue weighted by Gasteiger charge is -2.16. The summed E-state index contributed by atoms with van der Waals surface area (Å²) in [4.78, 5) is 0. The monoisotopic (exact) mass is 331 g/mol. The van der Waals surface area contributed by atoms with Crippen molar-refractivity contribution in [3.63, 3.8) is 0 Å². The fraction of sp³-hybridized carbons (Fsp3) is 0.294. The highest BCUT2D eigenvalue weighted by Crippen LogP contribution is 2.41. The Morgan fingerprint density at radius 1 is 0.913 bits per heavy atom. The van der Waals surface area contributed by atoms with Gasteiger partial charge in [0.15, 0.2) is 0 Å². The van der Waals surface area contributed by atoms with Crippen LogP contribution < -0.4 is 0 Å². The third-order valence-corrected chi connectivity index (χ3v) is 3.42. The van der Waals surface area contributed by atoms with Gasteiger partial charge in [0.25, 0.3) is 0 Å². The molecule has 0 unspecified atom stereocenters. The summed E-state index contributed by atoms with van der Waals surface area (Å²) in [6.07, 6.45) is -9.75. The number of hydrogen-bond acceptors (Lipinski definition) is 0. The van der Waals surface area contributed by atoms with Crippen LogP contribution in [0.25, 0.3) is 11.1 Å². The lowest BCUT2D eigenvalue weighted by atomic mass is 9.93. The Bertz CT molecular complexity index is 695. The van der Waals surface area contributed by atoms with Crippen LogP contribution >= 0.6 is 0 Å². The van der Waals surface area contributed by atoms with Gasteiger partial charge in [0, 0.05) is 5.56 Å². The SMILES string of the molecule is CC(C)c1cccc(-c2[c]cc(C(F)(F)F)cc2C(F)(F)F)c1. The summed E-state index contributed by atoms with van der Waals surface area (Å²) < 4.78 is 77.5. The third-order valence-electron chi connectivity index (χ3n) is 3.42. The summed E-state index contributed by atoms with van der Waals surface area (Å²) in [7, 11) is 0. The first-order valence-electron chi connectivity index (χ1n) is 6.80. The van der Waals surface area contributed by atoms with Gasteiger partial charge < -0.3 is 0 Å². The van der Waals surface area contributed by atoms with Crippen LogP contribution in [0.15, 0.2) is 36.4 Å². The standard InChI is InChI=1S/C17H13F6/c1-10(2)11-4-3-5-12(8-11)14-7-6-13(16(18,19)20)9-15(14)17(21,22)23/h3-6,8-10H,1-2H3. The molecule has 0 aliphatic heterocycles. The molecule has 1 radical (unpaired) electrons. The highest BCUT2D eigenvalue weighted by molar-refractivity contribution is 5.69. The van der Waals surface area contributed by atoms with E-state index in [0.717, 1.165) is 5.56 Å². The van der Waals surface area contributed by atoms with Crippen LogP contribution in [-0.2, 0) is 12.4 Å². The maximum absolute atomic E-state index is 13.2. The van der Waals surface area contributed by atoms with E-state index in [-0.39, 0.29) is 23.1 Å². The summed E-state index contributed by atoms with van der Waals surface area (Å²) in [5, 5.41) is 0. The second kappa shape index (κ2) is 5.91. The van der Waals surface area contributed by atoms with Gasteiger partial charge in [-0.3, -0.25) is 0 Å². The molecule has 23 heavy (non-hydrogen) atoms. The topological polar surface area (TPSA) is 0 Å². The van der Waals surface area contributed by atoms with Crippen molar-refractivity contribution in [1.29, 1.82) is 0 Å². The smallest absolute Gasteiger partial charge is 0.166 e. The summed E-state index contributed by atoms with van der Waals surface area (Å²) >= 11 is 0. The average Bonchev–Trinajstić information content (AvgIpc) is 2.45. The van der Waals surface area contributed by atoms with Crippen LogP contribution in [-0.4, -0.2) is 0 Å². The van der Waals surface area contributed by atoms with Gasteiger partial charge in [-0.2, -0.15) is 26.3 Å². The molecule has 0 nitrogen and oxygen atoms in total. The molecular formula is C17H13F6. The molecule has 2 aromatic carbocycles. The second-order valence-corrected chi connectivity index (χ2v) is 5.45. The fourth-order valence-corrected chi connectivity index (χ4v) is 2.18. The minimum atomic E-state index is -4.90. The Hall–Kier alpha value is -1.98. The van der Waals surface area contributed by atoms with E-state index in [1.807, 2.05) is 13.8 Å². The maximum atomic E-state index is 13.2. The number of hydrogen-bond donors (Lipinski definition) is 0. The van der Waals surface area contributed by atoms with Crippen LogP contribution in [0.3, 0.4) is 0 Å². The zero-order valence-electron chi connectivity index (χ0n) is 12.3. The van der Waals surface area contributed by atoms with Crippen molar-refractivity contribution in [3.8, 4) is 11.1 Å². The van der Waals surface area contributed by atoms with Gasteiger partial charge >= 0.3 is 12.4 Å². The predicted octanol–water partition coefficient (Wildman–Crippen LogP) is 6.31. The van der Waals surface area contributed by atoms with Crippen molar-refractivity contribution in [2.75, 3.05) is 0 Å². The first-order chi connectivity index (χ1) is 10.5. The average molecular weight is 331 g/mol. The molecule has 0 heterocycles. The first kappa shape index (κ1) is 17.4. The van der Waals surface area contributed by atoms with Crippen molar-refractivity contribution < 1.29 is 26.3 Å². The minimum absolute atomic E-state index is 0.0822. The summed E-state index contributed by atoms with van der Waals surface area (Å²) in [6.45, 7) is 3.75. The quantitative estimate of drug-likeness (QED) is 0.565. The first-order valence-corrected chi connectivity index (χ1v) is 6.80. The van der Waals surface area contributed by atoms with E-state index in [1.165, 1.54) is 6.07 Å². The molecule has 0 fully saturated rings. The highest BCUT2D eigenvalue weighted by Gasteiger charge is 2.38. The summed E-state index contributed by atoms with van der Waals surface area (Å²) in [5.41, 5.74) is -2.10. The van der Waals surface area contributed by atoms with E-state index in [9.17, 15) is 26.3 Å². The molecule has 0 aliphatic carbocycles. The molecular weight excluding hydrogens is 318 g/mol. The van der Waals surface area contributed by atoms with Crippen LogP contribution in [0.5, 0.6) is 0 Å². The second-order valence-electron chi connectivity index (χ2n) is 5.45. The summed E-state index contributed by atoms with van der Waals surface area (Å²) in [6, 6.07) is 9.15. The van der Waals surface area contributed by atoms with Crippen LogP contribution in [0.2, 0.25) is 0 Å². The van der Waals surface area contributed by atoms with E-state index >= 15 is 0 Å². The van der Waals surface area contributed by atoms with Gasteiger partial charge in [0.05, 0.1) is 11.1 Å². The van der Waals surface area contributed by atoms with Gasteiger partial charge in [-0.25, -0.2) is 0 Å². The van der Waals surface area contributed by atoms with Gasteiger partial charge in [-0.15, -0.1) is 0 Å². The van der Waals surface area contributed by atoms with Gasteiger partial charge in [0.2, 0.25) is 0 Å². The molecule has 0 spiro atoms. The van der Waals surface area contributed by atoms with Crippen LogP contribution in [0, 0.1) is 6.07 Å². The Morgan fingerprint density at radius 2 is 1.57 bits per heavy atom. The molecule has 0 saturated carbocycles. The molecule has 0 aromatic heterocycles. The van der Waals surface area contributed by atoms with Crippen molar-refractivity contribution in [1.82, 2.24) is 0 Å². The number of rotatable bonds is 2. The van der Waals surface area contributed by atoms with Crippen molar-refractivity contribution >= 4 is 0 Å². The van der Waals surface area contributed by atoms with Crippen LogP contribution in [0.1, 0.15) is 36.5 Å². The molecule has 0 saturated heterocycles. The molecule has 123 valence electrons. The Labute approximate surface area is 129 Å². The van der Waals surface area contributed by atoms with Gasteiger partial charge in [0.1, 0.15) is 0 Å². The number of halogens is 6. The lowest BCUT2D eigenvalue weighted by molar-refractivity contribution is -0.142. The molecule has 0 aliphatic rings. The molecule has 0 atom stereocenters. The largest absolute Gasteiger partial charge is 0.417 e. The highest BCUT2D eigenvalue weighted by atomic mass is 19.4. The molecule has 6 heteroatoms. The zero-order valence-corrected chi connectivity index (χ0v) is 12.3. The van der Waals surface area contributed by atoms with E-state index < -0.39 is 23.5 Å². The predicted molar refractivity (Wildman–Crippen MR) is 74.8 cm³/mol. The number of alkyl halides is 6. The lowest BCUT2D eigenvalue weighted by Crippen LogP contribution is -2.12. The van der Waals surface area contributed by atoms with Crippen molar-refractivity contribution in [2.45, 2.75) is 32.1 Å². The Morgan fingerprint density at radius 3 is 2.09 bits per heavy atom. The zero-order chi connectivity index (χ0) is 17.4. The maximum Gasteiger partial charge on any atom is 0.417 e. The van der Waals surface area contributed by atoms with E-state index in [1.54, 1.807) is 18.2 Å². The minimum Gasteiger partial charge on any atom is -0.166 e. The van der Waals surface area contributed by atoms with E-state index in [4.69, 9.17) is 0 Å². The molecule has 2 rings (SSSR count). The van der Waals surface area contributed by atoms with Crippen LogP contribution in [0.4, 0.5) is 26.3 Å². The van der Waals surface area contributed by atoms with Gasteiger partial charge in [-0.05, 0) is 35.2 Å². The molecule has 2 aromatic rings. The van der Waals surface area contributed by atoms with Gasteiger partial charge in [-0.1, -0.05) is 38.1 Å². The van der Waals surface area contributed by atoms with Crippen molar-refractivity contribution in [2.24, 2.45) is 0 Å². The number of benzene rings is 2. The van der Waals surface area contributed by atoms with E-state index in [0.29, 0.717) is 6.07 Å². The van der Waals surface area contributed by atoms with Crippen molar-refractivity contribution in [3.05, 3.63) is 59.2 Å². The third kappa shape index (κ3) is 3.86. The Kier molecular flexibility index (Phi) is 4.46. The normalized spacial score (nSPS) is 12.7. The molecule has 0 bridgehead atoms. The Balaban J connectivity index is 2.65. The summed E-state index contributed by atoms with van der Waals surface area (Å²) in [5.74, 6) is 0.0822. The molecule has 0 amide bonds. The fourth-order valence-electron chi connectivity index (χ4n) is 2.18. The van der Waals surface area contributed by atoms with E-state index in [2.05, 4.69) is 6.07 Å². The molecule has 0 N–H and O–H groups in total.